The van der Waals surface area contributed by atoms with Crippen molar-refractivity contribution in [3.63, 3.8) is 0 Å². The predicted molar refractivity (Wildman–Crippen MR) is 87.9 cm³/mol. The van der Waals surface area contributed by atoms with Crippen molar-refractivity contribution in [3.8, 4) is 0 Å². The normalized spacial score (nSPS) is 26.2. The molecular formula is C17H28N4O2. The van der Waals surface area contributed by atoms with Crippen LogP contribution in [0.4, 0.5) is 0 Å². The minimum Gasteiger partial charge on any atom is -0.383 e. The second kappa shape index (κ2) is 7.01. The number of hydrogen-bond acceptors (Lipinski definition) is 4. The molecule has 1 spiro atoms. The van der Waals surface area contributed by atoms with Crippen LogP contribution in [0.5, 0.6) is 0 Å². The number of amides is 1. The lowest BCUT2D eigenvalue weighted by molar-refractivity contribution is -0.132. The van der Waals surface area contributed by atoms with Gasteiger partial charge in [0.2, 0.25) is 5.91 Å². The fraction of sp³-hybridized carbons (Fsp3) is 0.765. The van der Waals surface area contributed by atoms with E-state index in [1.807, 2.05) is 19.6 Å². The third kappa shape index (κ3) is 3.43. The molecule has 1 aromatic rings. The summed E-state index contributed by atoms with van der Waals surface area (Å²) in [6.45, 7) is 4.45. The summed E-state index contributed by atoms with van der Waals surface area (Å²) in [6, 6.07) is 0. The van der Waals surface area contributed by atoms with Crippen molar-refractivity contribution in [3.05, 3.63) is 18.2 Å². The van der Waals surface area contributed by atoms with Crippen LogP contribution in [-0.2, 0) is 23.1 Å². The van der Waals surface area contributed by atoms with Crippen LogP contribution in [0.15, 0.2) is 12.5 Å². The highest BCUT2D eigenvalue weighted by molar-refractivity contribution is 5.79. The van der Waals surface area contributed by atoms with Crippen LogP contribution in [-0.4, -0.2) is 64.1 Å². The second-order valence-electron chi connectivity index (χ2n) is 6.89. The van der Waals surface area contributed by atoms with Gasteiger partial charge in [-0.25, -0.2) is 4.98 Å². The quantitative estimate of drug-likeness (QED) is 0.823. The molecule has 0 saturated carbocycles. The molecule has 2 fully saturated rings. The first-order valence-corrected chi connectivity index (χ1v) is 8.62. The van der Waals surface area contributed by atoms with E-state index in [-0.39, 0.29) is 5.54 Å². The van der Waals surface area contributed by atoms with Gasteiger partial charge in [-0.15, -0.1) is 0 Å². The minimum absolute atomic E-state index is 0.0663. The number of aryl methyl sites for hydroxylation is 1. The van der Waals surface area contributed by atoms with E-state index >= 15 is 0 Å². The highest BCUT2D eigenvalue weighted by Crippen LogP contribution is 2.39. The molecule has 23 heavy (non-hydrogen) atoms. The van der Waals surface area contributed by atoms with Gasteiger partial charge in [0.1, 0.15) is 0 Å². The van der Waals surface area contributed by atoms with Gasteiger partial charge in [-0.2, -0.15) is 0 Å². The summed E-state index contributed by atoms with van der Waals surface area (Å²) in [4.78, 5) is 21.1. The van der Waals surface area contributed by atoms with Crippen LogP contribution < -0.4 is 0 Å². The zero-order valence-corrected chi connectivity index (χ0v) is 14.3. The van der Waals surface area contributed by atoms with Gasteiger partial charge in [0.25, 0.3) is 0 Å². The van der Waals surface area contributed by atoms with E-state index in [9.17, 15) is 4.79 Å². The molecule has 0 unspecified atom stereocenters. The Balaban J connectivity index is 1.65. The number of rotatable bonds is 5. The molecule has 0 bridgehead atoms. The number of methoxy groups -OCH3 is 1. The summed E-state index contributed by atoms with van der Waals surface area (Å²) in [7, 11) is 3.75. The third-order valence-electron chi connectivity index (χ3n) is 5.51. The summed E-state index contributed by atoms with van der Waals surface area (Å²) in [5, 5.41) is 0. The Bertz CT molecular complexity index is 544. The van der Waals surface area contributed by atoms with E-state index < -0.39 is 0 Å². The molecule has 3 rings (SSSR count). The lowest BCUT2D eigenvalue weighted by Crippen LogP contribution is -2.47. The average molecular weight is 320 g/mol. The number of carbonyl (C=O) groups is 1. The smallest absolute Gasteiger partial charge is 0.223 e. The Morgan fingerprint density at radius 2 is 2.17 bits per heavy atom. The molecule has 0 aromatic carbocycles. The van der Waals surface area contributed by atoms with Crippen molar-refractivity contribution in [1.29, 1.82) is 0 Å². The van der Waals surface area contributed by atoms with Gasteiger partial charge >= 0.3 is 0 Å². The number of nitrogens with zero attached hydrogens (tertiary/aromatic N) is 4. The van der Waals surface area contributed by atoms with E-state index in [0.29, 0.717) is 18.9 Å². The molecule has 3 heterocycles. The maximum atomic E-state index is 12.3. The van der Waals surface area contributed by atoms with E-state index in [2.05, 4.69) is 19.4 Å². The largest absolute Gasteiger partial charge is 0.383 e. The first-order chi connectivity index (χ1) is 11.1. The molecule has 6 nitrogen and oxygen atoms in total. The number of imidazole rings is 1. The number of ether oxygens (including phenoxy) is 1. The van der Waals surface area contributed by atoms with Crippen molar-refractivity contribution in [2.45, 2.75) is 44.2 Å². The molecule has 1 atom stereocenters. The van der Waals surface area contributed by atoms with Crippen LogP contribution in [0.3, 0.4) is 0 Å². The molecule has 2 saturated heterocycles. The summed E-state index contributed by atoms with van der Waals surface area (Å²) in [5.74, 6) is 0.308. The van der Waals surface area contributed by atoms with Crippen LogP contribution in [0.2, 0.25) is 0 Å². The summed E-state index contributed by atoms with van der Waals surface area (Å²) < 4.78 is 7.30. The van der Waals surface area contributed by atoms with Gasteiger partial charge in [0, 0.05) is 51.9 Å². The van der Waals surface area contributed by atoms with Gasteiger partial charge in [-0.1, -0.05) is 0 Å². The molecule has 6 heteroatoms. The maximum Gasteiger partial charge on any atom is 0.223 e. The summed E-state index contributed by atoms with van der Waals surface area (Å²) in [6.07, 6.45) is 8.85. The predicted octanol–water partition coefficient (Wildman–Crippen LogP) is 1.41. The van der Waals surface area contributed by atoms with Gasteiger partial charge in [-0.3, -0.25) is 9.69 Å². The Morgan fingerprint density at radius 3 is 2.91 bits per heavy atom. The Kier molecular flexibility index (Phi) is 5.02. The lowest BCUT2D eigenvalue weighted by atomic mass is 9.88. The van der Waals surface area contributed by atoms with E-state index in [4.69, 9.17) is 4.74 Å². The van der Waals surface area contributed by atoms with Crippen molar-refractivity contribution in [1.82, 2.24) is 19.4 Å². The maximum absolute atomic E-state index is 12.3. The highest BCUT2D eigenvalue weighted by atomic mass is 16.5. The highest BCUT2D eigenvalue weighted by Gasteiger charge is 2.45. The lowest BCUT2D eigenvalue weighted by Gasteiger charge is -2.38. The zero-order chi connectivity index (χ0) is 16.3. The van der Waals surface area contributed by atoms with Gasteiger partial charge in [0.15, 0.2) is 0 Å². The standard InChI is InChI=1S/C17H28N4O2/c1-19-14-18-12-15(19)13-20-8-3-5-17(7-9-20)6-4-16(22)21(17)10-11-23-2/h12,14H,3-11,13H2,1-2H3/t17-/m1/s1. The van der Waals surface area contributed by atoms with Crippen molar-refractivity contribution in [2.75, 3.05) is 33.4 Å². The molecule has 2 aliphatic rings. The monoisotopic (exact) mass is 320 g/mol. The average Bonchev–Trinajstić information content (AvgIpc) is 2.99. The number of hydrogen-bond donors (Lipinski definition) is 0. The van der Waals surface area contributed by atoms with E-state index in [0.717, 1.165) is 51.9 Å². The first kappa shape index (κ1) is 16.5. The van der Waals surface area contributed by atoms with Crippen LogP contribution >= 0.6 is 0 Å². The van der Waals surface area contributed by atoms with Crippen LogP contribution in [0.1, 0.15) is 37.8 Å². The Labute approximate surface area is 138 Å². The molecule has 0 aliphatic carbocycles. The topological polar surface area (TPSA) is 50.6 Å². The Morgan fingerprint density at radius 1 is 1.30 bits per heavy atom. The molecule has 1 amide bonds. The zero-order valence-electron chi connectivity index (χ0n) is 14.3. The van der Waals surface area contributed by atoms with E-state index in [1.165, 1.54) is 5.69 Å². The molecular weight excluding hydrogens is 292 g/mol. The van der Waals surface area contributed by atoms with Gasteiger partial charge in [-0.05, 0) is 32.2 Å². The third-order valence-corrected chi connectivity index (χ3v) is 5.51. The number of aromatic nitrogens is 2. The molecule has 128 valence electrons. The summed E-state index contributed by atoms with van der Waals surface area (Å²) >= 11 is 0. The van der Waals surface area contributed by atoms with Crippen LogP contribution in [0.25, 0.3) is 0 Å². The van der Waals surface area contributed by atoms with Crippen LogP contribution in [0, 0.1) is 0 Å². The minimum atomic E-state index is 0.0663. The number of likely N-dealkylation sites (tertiary alicyclic amines) is 2. The van der Waals surface area contributed by atoms with Gasteiger partial charge in [0.05, 0.1) is 18.6 Å². The molecule has 2 aliphatic heterocycles. The fourth-order valence-electron chi connectivity index (χ4n) is 4.10. The second-order valence-corrected chi connectivity index (χ2v) is 6.89. The van der Waals surface area contributed by atoms with Crippen molar-refractivity contribution in [2.24, 2.45) is 7.05 Å². The molecule has 1 aromatic heterocycles. The first-order valence-electron chi connectivity index (χ1n) is 8.62. The Hall–Kier alpha value is -1.40. The fourth-order valence-corrected chi connectivity index (χ4v) is 4.10. The summed E-state index contributed by atoms with van der Waals surface area (Å²) in [5.41, 5.74) is 1.32. The molecule has 0 N–H and O–H groups in total. The van der Waals surface area contributed by atoms with Gasteiger partial charge < -0.3 is 14.2 Å². The molecule has 0 radical (unpaired) electrons. The van der Waals surface area contributed by atoms with E-state index in [1.54, 1.807) is 7.11 Å². The SMILES string of the molecule is COCCN1C(=O)CC[C@@]12CCCN(Cc1cncn1C)CC2. The van der Waals surface area contributed by atoms with Crippen molar-refractivity contribution >= 4 is 5.91 Å². The van der Waals surface area contributed by atoms with Crippen molar-refractivity contribution < 1.29 is 9.53 Å². The number of carbonyl (C=O) groups excluding carboxylic acids is 1.